The summed E-state index contributed by atoms with van der Waals surface area (Å²) in [6, 6.07) is 19.3. The van der Waals surface area contributed by atoms with Gasteiger partial charge in [0.1, 0.15) is 6.26 Å². The summed E-state index contributed by atoms with van der Waals surface area (Å²) >= 11 is 0. The molecule has 3 aromatic heterocycles. The summed E-state index contributed by atoms with van der Waals surface area (Å²) in [7, 11) is 0. The number of hydrogen-bond acceptors (Lipinski definition) is 6. The van der Waals surface area contributed by atoms with Crippen LogP contribution in [0.2, 0.25) is 0 Å². The van der Waals surface area contributed by atoms with Crippen molar-refractivity contribution in [3.8, 4) is 46.0 Å². The van der Waals surface area contributed by atoms with Gasteiger partial charge >= 0.3 is 0 Å². The van der Waals surface area contributed by atoms with Crippen LogP contribution in [0.5, 0.6) is 0 Å². The van der Waals surface area contributed by atoms with E-state index in [1.165, 1.54) is 6.26 Å². The van der Waals surface area contributed by atoms with Gasteiger partial charge in [-0.05, 0) is 12.1 Å². The minimum Gasteiger partial charge on any atom is -0.443 e. The lowest BCUT2D eigenvalue weighted by atomic mass is 10.1. The van der Waals surface area contributed by atoms with Crippen LogP contribution in [0.3, 0.4) is 0 Å². The normalized spacial score (nSPS) is 11.0. The average Bonchev–Trinajstić information content (AvgIpc) is 3.49. The molecule has 0 saturated carbocycles. The lowest BCUT2D eigenvalue weighted by molar-refractivity contribution is 0.528. The topological polar surface area (TPSA) is 78.1 Å². The van der Waals surface area contributed by atoms with Crippen molar-refractivity contribution < 1.29 is 13.3 Å². The highest BCUT2D eigenvalue weighted by atomic mass is 16.4. The summed E-state index contributed by atoms with van der Waals surface area (Å²) in [6.45, 7) is 0. The first-order valence-electron chi connectivity index (χ1n) is 8.36. The molecule has 2 aromatic carbocycles. The van der Waals surface area contributed by atoms with E-state index in [4.69, 9.17) is 13.3 Å². The zero-order valence-electron chi connectivity index (χ0n) is 14.1. The third-order valence-electron chi connectivity index (χ3n) is 4.04. The van der Waals surface area contributed by atoms with Crippen molar-refractivity contribution in [2.24, 2.45) is 0 Å². The van der Waals surface area contributed by atoms with Gasteiger partial charge in [-0.1, -0.05) is 48.5 Å². The summed E-state index contributed by atoms with van der Waals surface area (Å²) in [4.78, 5) is 13.1. The second kappa shape index (κ2) is 6.42. The molecule has 0 atom stereocenters. The fourth-order valence-electron chi connectivity index (χ4n) is 2.78. The van der Waals surface area contributed by atoms with E-state index < -0.39 is 0 Å². The van der Waals surface area contributed by atoms with Gasteiger partial charge in [-0.2, -0.15) is 0 Å². The van der Waals surface area contributed by atoms with Crippen LogP contribution in [-0.4, -0.2) is 15.0 Å². The summed E-state index contributed by atoms with van der Waals surface area (Å²) < 4.78 is 17.3. The molecular weight excluding hydrogens is 342 g/mol. The smallest absolute Gasteiger partial charge is 0.265 e. The van der Waals surface area contributed by atoms with E-state index in [1.54, 1.807) is 12.4 Å². The monoisotopic (exact) mass is 355 g/mol. The third-order valence-corrected chi connectivity index (χ3v) is 4.04. The Bertz CT molecular complexity index is 1160. The second-order valence-electron chi connectivity index (χ2n) is 5.80. The fraction of sp³-hybridized carbons (Fsp3) is 0. The van der Waals surface area contributed by atoms with Crippen LogP contribution in [-0.2, 0) is 0 Å². The van der Waals surface area contributed by atoms with E-state index in [1.807, 2.05) is 60.7 Å². The number of hydrogen-bond donors (Lipinski definition) is 0. The summed E-state index contributed by atoms with van der Waals surface area (Å²) in [5.74, 6) is 2.20. The molecule has 5 rings (SSSR count). The van der Waals surface area contributed by atoms with E-state index >= 15 is 0 Å². The van der Waals surface area contributed by atoms with Gasteiger partial charge in [-0.25, -0.2) is 15.0 Å². The van der Waals surface area contributed by atoms with Crippen LogP contribution in [0.4, 0.5) is 0 Å². The third kappa shape index (κ3) is 2.83. The predicted octanol–water partition coefficient (Wildman–Crippen LogP) is 5.32. The Morgan fingerprint density at radius 1 is 0.667 bits per heavy atom. The lowest BCUT2D eigenvalue weighted by Gasteiger charge is -1.97. The van der Waals surface area contributed by atoms with Crippen LogP contribution in [0.15, 0.2) is 92.6 Å². The molecule has 6 heteroatoms. The number of benzene rings is 2. The molecule has 0 fully saturated rings. The van der Waals surface area contributed by atoms with Crippen molar-refractivity contribution in [3.05, 3.63) is 79.3 Å². The van der Waals surface area contributed by atoms with Gasteiger partial charge < -0.3 is 13.3 Å². The van der Waals surface area contributed by atoms with Crippen LogP contribution in [0.1, 0.15) is 0 Å². The van der Waals surface area contributed by atoms with E-state index in [2.05, 4.69) is 15.0 Å². The minimum atomic E-state index is 0.316. The van der Waals surface area contributed by atoms with Gasteiger partial charge in [0.15, 0.2) is 11.5 Å². The van der Waals surface area contributed by atoms with Crippen LogP contribution >= 0.6 is 0 Å². The molecule has 27 heavy (non-hydrogen) atoms. The fourth-order valence-corrected chi connectivity index (χ4v) is 2.78. The highest BCUT2D eigenvalue weighted by molar-refractivity contribution is 5.74. The quantitative estimate of drug-likeness (QED) is 0.434. The first-order chi connectivity index (χ1) is 13.4. The van der Waals surface area contributed by atoms with Crippen molar-refractivity contribution in [2.45, 2.75) is 0 Å². The highest BCUT2D eigenvalue weighted by Crippen LogP contribution is 2.36. The van der Waals surface area contributed by atoms with E-state index in [0.717, 1.165) is 11.1 Å². The first kappa shape index (κ1) is 15.3. The largest absolute Gasteiger partial charge is 0.443 e. The Kier molecular flexibility index (Phi) is 3.65. The average molecular weight is 355 g/mol. The van der Waals surface area contributed by atoms with Gasteiger partial charge in [0.2, 0.25) is 17.5 Å². The van der Waals surface area contributed by atoms with Gasteiger partial charge in [-0.15, -0.1) is 0 Å². The highest BCUT2D eigenvalue weighted by Gasteiger charge is 2.23. The van der Waals surface area contributed by atoms with E-state index in [0.29, 0.717) is 34.9 Å². The zero-order valence-corrected chi connectivity index (χ0v) is 14.1. The number of nitrogens with zero attached hydrogens (tertiary/aromatic N) is 3. The maximum Gasteiger partial charge on any atom is 0.265 e. The second-order valence-corrected chi connectivity index (χ2v) is 5.80. The molecule has 0 amide bonds. The Hall–Kier alpha value is -3.93. The van der Waals surface area contributed by atoms with Gasteiger partial charge in [-0.3, -0.25) is 0 Å². The molecule has 0 aliphatic heterocycles. The van der Waals surface area contributed by atoms with Crippen molar-refractivity contribution >= 4 is 0 Å². The molecule has 0 radical (unpaired) electrons. The Balaban J connectivity index is 1.61. The number of oxazole rings is 3. The lowest BCUT2D eigenvalue weighted by Crippen LogP contribution is -1.82. The zero-order chi connectivity index (χ0) is 18.1. The van der Waals surface area contributed by atoms with Crippen molar-refractivity contribution in [1.29, 1.82) is 0 Å². The summed E-state index contributed by atoms with van der Waals surface area (Å²) in [5, 5.41) is 0. The van der Waals surface area contributed by atoms with E-state index in [9.17, 15) is 0 Å². The maximum absolute atomic E-state index is 6.02. The van der Waals surface area contributed by atoms with Crippen molar-refractivity contribution in [1.82, 2.24) is 15.0 Å². The molecule has 6 nitrogen and oxygen atoms in total. The molecular formula is C21H13N3O3. The molecule has 0 aliphatic carbocycles. The first-order valence-corrected chi connectivity index (χ1v) is 8.36. The van der Waals surface area contributed by atoms with Crippen LogP contribution < -0.4 is 0 Å². The summed E-state index contributed by atoms with van der Waals surface area (Å²) in [5.41, 5.74) is 2.26. The Morgan fingerprint density at radius 2 is 1.41 bits per heavy atom. The maximum atomic E-state index is 6.02. The van der Waals surface area contributed by atoms with Crippen molar-refractivity contribution in [2.75, 3.05) is 0 Å². The van der Waals surface area contributed by atoms with Crippen LogP contribution in [0, 0.1) is 0 Å². The minimum absolute atomic E-state index is 0.316. The van der Waals surface area contributed by atoms with Gasteiger partial charge in [0.05, 0.1) is 12.4 Å². The van der Waals surface area contributed by atoms with Gasteiger partial charge in [0, 0.05) is 11.1 Å². The van der Waals surface area contributed by atoms with E-state index in [-0.39, 0.29) is 0 Å². The molecule has 0 aliphatic rings. The Morgan fingerprint density at radius 3 is 2.11 bits per heavy atom. The molecule has 5 aromatic rings. The molecule has 3 heterocycles. The molecule has 0 N–H and O–H groups in total. The number of aromatic nitrogens is 3. The van der Waals surface area contributed by atoms with Crippen LogP contribution in [0.25, 0.3) is 46.0 Å². The Labute approximate surface area is 154 Å². The standard InChI is InChI=1S/C21H13N3O3/c1-3-7-14(8-4-1)18-17(21-22-11-12-25-21)24-20(27-18)16-13-23-19(26-16)15-9-5-2-6-10-15/h1-13H. The SMILES string of the molecule is c1ccc(-c2ncc(-c3nc(-c4ncco4)c(-c4ccccc4)o3)o2)cc1. The number of rotatable bonds is 4. The molecule has 0 bridgehead atoms. The molecule has 0 saturated heterocycles. The van der Waals surface area contributed by atoms with Crippen molar-refractivity contribution in [3.63, 3.8) is 0 Å². The molecule has 0 spiro atoms. The molecule has 0 unspecified atom stereocenters. The molecule has 130 valence electrons. The predicted molar refractivity (Wildman–Crippen MR) is 98.4 cm³/mol. The van der Waals surface area contributed by atoms with Gasteiger partial charge in [0.25, 0.3) is 5.89 Å². The summed E-state index contributed by atoms with van der Waals surface area (Å²) in [6.07, 6.45) is 4.67.